The van der Waals surface area contributed by atoms with E-state index in [1.54, 1.807) is 31.2 Å². The fraction of sp³-hybridized carbons (Fsp3) is 0.375. The fourth-order valence-electron chi connectivity index (χ4n) is 1.52. The molecule has 21 heavy (non-hydrogen) atoms. The molecule has 0 unspecified atom stereocenters. The van der Waals surface area contributed by atoms with Gasteiger partial charge in [-0.05, 0) is 37.6 Å². The molecule has 5 heteroatoms. The second-order valence-corrected chi connectivity index (χ2v) is 4.34. The standard InChI is InChI=1S/C16H20O5/c1-3-5-10-21-13-8-6-12(7-9-13)14(17)11-15(18)16(19)20-4-2/h6-9,11,18H,3-5,10H2,1-2H3/b15-11-. The van der Waals surface area contributed by atoms with Crippen molar-refractivity contribution in [2.24, 2.45) is 0 Å². The summed E-state index contributed by atoms with van der Waals surface area (Å²) in [6.07, 6.45) is 2.87. The van der Waals surface area contributed by atoms with Gasteiger partial charge in [-0.25, -0.2) is 4.79 Å². The lowest BCUT2D eigenvalue weighted by molar-refractivity contribution is -0.141. The summed E-state index contributed by atoms with van der Waals surface area (Å²) in [5.41, 5.74) is 0.355. The van der Waals surface area contributed by atoms with Crippen LogP contribution in [0.25, 0.3) is 0 Å². The number of rotatable bonds is 8. The number of esters is 1. The van der Waals surface area contributed by atoms with Gasteiger partial charge in [0.15, 0.2) is 5.78 Å². The Labute approximate surface area is 124 Å². The highest BCUT2D eigenvalue weighted by molar-refractivity contribution is 6.07. The van der Waals surface area contributed by atoms with E-state index in [0.29, 0.717) is 17.9 Å². The van der Waals surface area contributed by atoms with Gasteiger partial charge in [-0.2, -0.15) is 0 Å². The van der Waals surface area contributed by atoms with Crippen LogP contribution in [0.1, 0.15) is 37.0 Å². The molecule has 5 nitrogen and oxygen atoms in total. The van der Waals surface area contributed by atoms with Gasteiger partial charge >= 0.3 is 5.97 Å². The van der Waals surface area contributed by atoms with Gasteiger partial charge < -0.3 is 14.6 Å². The predicted molar refractivity (Wildman–Crippen MR) is 78.5 cm³/mol. The Morgan fingerprint density at radius 3 is 2.43 bits per heavy atom. The van der Waals surface area contributed by atoms with E-state index in [4.69, 9.17) is 4.74 Å². The topological polar surface area (TPSA) is 72.8 Å². The third-order valence-electron chi connectivity index (χ3n) is 2.66. The Bertz CT molecular complexity index is 502. The molecule has 114 valence electrons. The Balaban J connectivity index is 2.66. The zero-order chi connectivity index (χ0) is 15.7. The molecule has 0 aliphatic carbocycles. The molecule has 1 aromatic rings. The lowest BCUT2D eigenvalue weighted by Crippen LogP contribution is -2.09. The molecule has 0 aromatic heterocycles. The van der Waals surface area contributed by atoms with E-state index in [2.05, 4.69) is 11.7 Å². The number of unbranched alkanes of at least 4 members (excludes halogenated alkanes) is 1. The van der Waals surface area contributed by atoms with Crippen molar-refractivity contribution in [2.75, 3.05) is 13.2 Å². The van der Waals surface area contributed by atoms with Crippen molar-refractivity contribution in [3.8, 4) is 5.75 Å². The molecule has 0 saturated carbocycles. The number of ketones is 1. The van der Waals surface area contributed by atoms with E-state index in [-0.39, 0.29) is 6.61 Å². The monoisotopic (exact) mass is 292 g/mol. The molecule has 0 amide bonds. The largest absolute Gasteiger partial charge is 0.502 e. The Morgan fingerprint density at radius 1 is 1.19 bits per heavy atom. The first kappa shape index (κ1) is 16.8. The van der Waals surface area contributed by atoms with Crippen LogP contribution in [-0.4, -0.2) is 30.1 Å². The maximum absolute atomic E-state index is 11.9. The van der Waals surface area contributed by atoms with E-state index in [0.717, 1.165) is 18.9 Å². The zero-order valence-corrected chi connectivity index (χ0v) is 12.3. The van der Waals surface area contributed by atoms with Gasteiger partial charge in [0, 0.05) is 11.6 Å². The van der Waals surface area contributed by atoms with Crippen LogP contribution in [0.3, 0.4) is 0 Å². The van der Waals surface area contributed by atoms with Crippen LogP contribution in [0, 0.1) is 0 Å². The number of ether oxygens (including phenoxy) is 2. The molecule has 0 aliphatic rings. The Kier molecular flexibility index (Phi) is 7.01. The SMILES string of the molecule is CCCCOc1ccc(C(=O)/C=C(\O)C(=O)OCC)cc1. The Morgan fingerprint density at radius 2 is 1.86 bits per heavy atom. The first-order chi connectivity index (χ1) is 10.1. The summed E-state index contributed by atoms with van der Waals surface area (Å²) >= 11 is 0. The third-order valence-corrected chi connectivity index (χ3v) is 2.66. The minimum Gasteiger partial charge on any atom is -0.502 e. The molecule has 1 N–H and O–H groups in total. The normalized spacial score (nSPS) is 11.0. The maximum atomic E-state index is 11.9. The second-order valence-electron chi connectivity index (χ2n) is 4.34. The summed E-state index contributed by atoms with van der Waals surface area (Å²) in [4.78, 5) is 23.0. The van der Waals surface area contributed by atoms with Crippen molar-refractivity contribution in [3.05, 3.63) is 41.7 Å². The van der Waals surface area contributed by atoms with Crippen LogP contribution in [0.2, 0.25) is 0 Å². The average Bonchev–Trinajstić information content (AvgIpc) is 2.48. The zero-order valence-electron chi connectivity index (χ0n) is 12.3. The summed E-state index contributed by atoms with van der Waals surface area (Å²) in [6, 6.07) is 6.52. The average molecular weight is 292 g/mol. The molecule has 1 aromatic carbocycles. The van der Waals surface area contributed by atoms with Crippen molar-refractivity contribution < 1.29 is 24.2 Å². The highest BCUT2D eigenvalue weighted by atomic mass is 16.5. The van der Waals surface area contributed by atoms with Gasteiger partial charge in [0.05, 0.1) is 13.2 Å². The number of hydrogen-bond acceptors (Lipinski definition) is 5. The van der Waals surface area contributed by atoms with Gasteiger partial charge in [-0.3, -0.25) is 4.79 Å². The fourth-order valence-corrected chi connectivity index (χ4v) is 1.52. The van der Waals surface area contributed by atoms with Crippen LogP contribution in [0.4, 0.5) is 0 Å². The molecule has 0 aliphatic heterocycles. The molecule has 0 atom stereocenters. The Hall–Kier alpha value is -2.30. The molecule has 0 saturated heterocycles. The molecule has 0 fully saturated rings. The lowest BCUT2D eigenvalue weighted by Gasteiger charge is -2.05. The summed E-state index contributed by atoms with van der Waals surface area (Å²) < 4.78 is 10.1. The van der Waals surface area contributed by atoms with E-state index >= 15 is 0 Å². The maximum Gasteiger partial charge on any atom is 0.373 e. The van der Waals surface area contributed by atoms with E-state index in [1.165, 1.54) is 0 Å². The molecular weight excluding hydrogens is 272 g/mol. The van der Waals surface area contributed by atoms with Gasteiger partial charge in [-0.1, -0.05) is 13.3 Å². The van der Waals surface area contributed by atoms with Gasteiger partial charge in [-0.15, -0.1) is 0 Å². The summed E-state index contributed by atoms with van der Waals surface area (Å²) in [7, 11) is 0. The van der Waals surface area contributed by atoms with Crippen molar-refractivity contribution >= 4 is 11.8 Å². The van der Waals surface area contributed by atoms with Crippen molar-refractivity contribution in [1.82, 2.24) is 0 Å². The van der Waals surface area contributed by atoms with Crippen LogP contribution in [0.15, 0.2) is 36.1 Å². The van der Waals surface area contributed by atoms with Gasteiger partial charge in [0.1, 0.15) is 5.75 Å². The number of aliphatic hydroxyl groups excluding tert-OH is 1. The predicted octanol–water partition coefficient (Wildman–Crippen LogP) is 3.05. The molecule has 0 heterocycles. The summed E-state index contributed by atoms with van der Waals surface area (Å²) in [5, 5.41) is 9.42. The van der Waals surface area contributed by atoms with Gasteiger partial charge in [0.25, 0.3) is 0 Å². The summed E-state index contributed by atoms with van der Waals surface area (Å²) in [5.74, 6) is -1.41. The quantitative estimate of drug-likeness (QED) is 0.262. The van der Waals surface area contributed by atoms with Crippen LogP contribution >= 0.6 is 0 Å². The molecule has 0 spiro atoms. The first-order valence-corrected chi connectivity index (χ1v) is 6.93. The van der Waals surface area contributed by atoms with Crippen molar-refractivity contribution in [1.29, 1.82) is 0 Å². The van der Waals surface area contributed by atoms with Crippen LogP contribution in [0.5, 0.6) is 5.75 Å². The van der Waals surface area contributed by atoms with E-state index < -0.39 is 17.5 Å². The molecular formula is C16H20O5. The molecule has 0 bridgehead atoms. The number of benzene rings is 1. The number of hydrogen-bond donors (Lipinski definition) is 1. The number of carbonyl (C=O) groups is 2. The van der Waals surface area contributed by atoms with Crippen molar-refractivity contribution in [2.45, 2.75) is 26.7 Å². The van der Waals surface area contributed by atoms with Gasteiger partial charge in [0.2, 0.25) is 5.76 Å². The number of allylic oxidation sites excluding steroid dienone is 1. The minimum absolute atomic E-state index is 0.134. The number of aliphatic hydroxyl groups is 1. The minimum atomic E-state index is -0.912. The first-order valence-electron chi connectivity index (χ1n) is 6.93. The lowest BCUT2D eigenvalue weighted by atomic mass is 10.1. The smallest absolute Gasteiger partial charge is 0.373 e. The summed E-state index contributed by atoms with van der Waals surface area (Å²) in [6.45, 7) is 4.46. The van der Waals surface area contributed by atoms with Crippen LogP contribution < -0.4 is 4.74 Å². The second kappa shape index (κ2) is 8.79. The number of carbonyl (C=O) groups excluding carboxylic acids is 2. The highest BCUT2D eigenvalue weighted by Gasteiger charge is 2.12. The third kappa shape index (κ3) is 5.69. The molecule has 1 rings (SSSR count). The molecule has 0 radical (unpaired) electrons. The van der Waals surface area contributed by atoms with E-state index in [9.17, 15) is 14.7 Å². The van der Waals surface area contributed by atoms with E-state index in [1.807, 2.05) is 0 Å². The van der Waals surface area contributed by atoms with Crippen molar-refractivity contribution in [3.63, 3.8) is 0 Å². The highest BCUT2D eigenvalue weighted by Crippen LogP contribution is 2.14. The van der Waals surface area contributed by atoms with Crippen LogP contribution in [-0.2, 0) is 9.53 Å².